The van der Waals surface area contributed by atoms with Crippen molar-refractivity contribution in [1.29, 1.82) is 0 Å². The van der Waals surface area contributed by atoms with Crippen LogP contribution in [0.1, 0.15) is 29.9 Å². The van der Waals surface area contributed by atoms with Gasteiger partial charge in [-0.15, -0.1) is 0 Å². The van der Waals surface area contributed by atoms with Crippen LogP contribution < -0.4 is 5.32 Å². The van der Waals surface area contributed by atoms with Crippen LogP contribution in [0, 0.1) is 11.7 Å². The van der Waals surface area contributed by atoms with Crippen LogP contribution in [-0.2, 0) is 0 Å². The molecule has 1 atom stereocenters. The Morgan fingerprint density at radius 3 is 2.25 bits per heavy atom. The fourth-order valence-corrected chi connectivity index (χ4v) is 3.27. The first-order valence-corrected chi connectivity index (χ1v) is 7.36. The molecule has 0 aliphatic carbocycles. The van der Waals surface area contributed by atoms with Gasteiger partial charge in [-0.1, -0.05) is 48.5 Å². The molecule has 0 aromatic heterocycles. The lowest BCUT2D eigenvalue weighted by Crippen LogP contribution is -2.31. The van der Waals surface area contributed by atoms with Gasteiger partial charge in [0.25, 0.3) is 0 Å². The standard InChI is InChI=1S/C18H20FN/c19-17-9-5-4-8-16(17)18(14-6-2-1-3-7-14)15-10-12-20-13-11-15/h1-9,15,18,20H,10-13H2. The van der Waals surface area contributed by atoms with Gasteiger partial charge < -0.3 is 5.32 Å². The number of piperidine rings is 1. The summed E-state index contributed by atoms with van der Waals surface area (Å²) in [4.78, 5) is 0. The first-order chi connectivity index (χ1) is 9.86. The van der Waals surface area contributed by atoms with Gasteiger partial charge in [0, 0.05) is 5.92 Å². The monoisotopic (exact) mass is 269 g/mol. The van der Waals surface area contributed by atoms with E-state index in [4.69, 9.17) is 0 Å². The second-order valence-corrected chi connectivity index (χ2v) is 5.50. The van der Waals surface area contributed by atoms with Crippen LogP contribution in [0.2, 0.25) is 0 Å². The molecule has 2 heteroatoms. The molecule has 2 aromatic carbocycles. The van der Waals surface area contributed by atoms with Crippen molar-refractivity contribution in [2.45, 2.75) is 18.8 Å². The maximum absolute atomic E-state index is 14.3. The second kappa shape index (κ2) is 6.19. The van der Waals surface area contributed by atoms with E-state index in [1.54, 1.807) is 12.1 Å². The third-order valence-electron chi connectivity index (χ3n) is 4.25. The first-order valence-electron chi connectivity index (χ1n) is 7.36. The Balaban J connectivity index is 2.01. The van der Waals surface area contributed by atoms with Gasteiger partial charge in [-0.3, -0.25) is 0 Å². The van der Waals surface area contributed by atoms with Gasteiger partial charge in [0.05, 0.1) is 0 Å². The molecular weight excluding hydrogens is 249 g/mol. The smallest absolute Gasteiger partial charge is 0.127 e. The Bertz CT molecular complexity index is 546. The van der Waals surface area contributed by atoms with Crippen molar-refractivity contribution in [2.24, 2.45) is 5.92 Å². The van der Waals surface area contributed by atoms with Crippen LogP contribution in [0.4, 0.5) is 4.39 Å². The van der Waals surface area contributed by atoms with Crippen LogP contribution in [-0.4, -0.2) is 13.1 Å². The molecular formula is C18H20FN. The molecule has 1 aliphatic heterocycles. The summed E-state index contributed by atoms with van der Waals surface area (Å²) >= 11 is 0. The summed E-state index contributed by atoms with van der Waals surface area (Å²) in [5.41, 5.74) is 2.06. The van der Waals surface area contributed by atoms with E-state index in [1.807, 2.05) is 30.3 Å². The van der Waals surface area contributed by atoms with Crippen LogP contribution in [0.25, 0.3) is 0 Å². The SMILES string of the molecule is Fc1ccccc1C(c1ccccc1)C1CCNCC1. The Morgan fingerprint density at radius 1 is 0.900 bits per heavy atom. The summed E-state index contributed by atoms with van der Waals surface area (Å²) in [7, 11) is 0. The molecule has 104 valence electrons. The van der Waals surface area contributed by atoms with Crippen molar-refractivity contribution < 1.29 is 4.39 Å². The van der Waals surface area contributed by atoms with Gasteiger partial charge in [-0.2, -0.15) is 0 Å². The van der Waals surface area contributed by atoms with Crippen molar-refractivity contribution >= 4 is 0 Å². The Hall–Kier alpha value is -1.67. The predicted octanol–water partition coefficient (Wildman–Crippen LogP) is 3.96. The highest BCUT2D eigenvalue weighted by molar-refractivity contribution is 5.34. The zero-order chi connectivity index (χ0) is 13.8. The van der Waals surface area contributed by atoms with Crippen molar-refractivity contribution in [3.63, 3.8) is 0 Å². The number of nitrogens with one attached hydrogen (secondary N) is 1. The predicted molar refractivity (Wildman–Crippen MR) is 80.3 cm³/mol. The van der Waals surface area contributed by atoms with E-state index in [1.165, 1.54) is 5.56 Å². The maximum atomic E-state index is 14.3. The lowest BCUT2D eigenvalue weighted by Gasteiger charge is -2.31. The molecule has 1 saturated heterocycles. The molecule has 1 nitrogen and oxygen atoms in total. The molecule has 1 heterocycles. The molecule has 0 amide bonds. The minimum Gasteiger partial charge on any atom is -0.317 e. The first kappa shape index (κ1) is 13.3. The topological polar surface area (TPSA) is 12.0 Å². The molecule has 0 spiro atoms. The van der Waals surface area contributed by atoms with E-state index < -0.39 is 0 Å². The number of halogens is 1. The molecule has 1 unspecified atom stereocenters. The van der Waals surface area contributed by atoms with Crippen molar-refractivity contribution in [3.8, 4) is 0 Å². The van der Waals surface area contributed by atoms with Crippen molar-refractivity contribution in [3.05, 3.63) is 71.5 Å². The number of benzene rings is 2. The lowest BCUT2D eigenvalue weighted by molar-refractivity contribution is 0.337. The fraction of sp³-hybridized carbons (Fsp3) is 0.333. The minimum absolute atomic E-state index is 0.0834. The molecule has 1 N–H and O–H groups in total. The van der Waals surface area contributed by atoms with Gasteiger partial charge in [0.15, 0.2) is 0 Å². The molecule has 2 aromatic rings. The molecule has 0 saturated carbocycles. The third-order valence-corrected chi connectivity index (χ3v) is 4.25. The normalized spacial score (nSPS) is 17.9. The lowest BCUT2D eigenvalue weighted by atomic mass is 9.76. The number of rotatable bonds is 3. The summed E-state index contributed by atoms with van der Waals surface area (Å²) in [5.74, 6) is 0.593. The van der Waals surface area contributed by atoms with E-state index in [0.717, 1.165) is 31.5 Å². The van der Waals surface area contributed by atoms with E-state index >= 15 is 0 Å². The Labute approximate surface area is 119 Å². The molecule has 0 radical (unpaired) electrons. The van der Waals surface area contributed by atoms with E-state index in [2.05, 4.69) is 17.4 Å². The highest BCUT2D eigenvalue weighted by Crippen LogP contribution is 2.37. The van der Waals surface area contributed by atoms with Gasteiger partial charge >= 0.3 is 0 Å². The Kier molecular flexibility index (Phi) is 4.12. The Morgan fingerprint density at radius 2 is 1.55 bits per heavy atom. The average Bonchev–Trinajstić information content (AvgIpc) is 2.52. The van der Waals surface area contributed by atoms with Gasteiger partial charge in [0.2, 0.25) is 0 Å². The summed E-state index contributed by atoms with van der Waals surface area (Å²) < 4.78 is 14.3. The van der Waals surface area contributed by atoms with E-state index in [-0.39, 0.29) is 11.7 Å². The highest BCUT2D eigenvalue weighted by atomic mass is 19.1. The number of hydrogen-bond donors (Lipinski definition) is 1. The molecule has 1 fully saturated rings. The third kappa shape index (κ3) is 2.75. The van der Waals surface area contributed by atoms with Gasteiger partial charge in [-0.05, 0) is 49.0 Å². The quantitative estimate of drug-likeness (QED) is 0.889. The van der Waals surface area contributed by atoms with Gasteiger partial charge in [0.1, 0.15) is 5.82 Å². The molecule has 0 bridgehead atoms. The summed E-state index contributed by atoms with van der Waals surface area (Å²) in [6, 6.07) is 17.6. The van der Waals surface area contributed by atoms with Crippen molar-refractivity contribution in [1.82, 2.24) is 5.32 Å². The zero-order valence-electron chi connectivity index (χ0n) is 11.6. The maximum Gasteiger partial charge on any atom is 0.127 e. The highest BCUT2D eigenvalue weighted by Gasteiger charge is 2.28. The molecule has 3 rings (SSSR count). The van der Waals surface area contributed by atoms with Crippen LogP contribution in [0.3, 0.4) is 0 Å². The molecule has 20 heavy (non-hydrogen) atoms. The average molecular weight is 269 g/mol. The van der Waals surface area contributed by atoms with Crippen molar-refractivity contribution in [2.75, 3.05) is 13.1 Å². The van der Waals surface area contributed by atoms with Gasteiger partial charge in [-0.25, -0.2) is 4.39 Å². The summed E-state index contributed by atoms with van der Waals surface area (Å²) in [5, 5.41) is 3.39. The minimum atomic E-state index is -0.0834. The van der Waals surface area contributed by atoms with Crippen LogP contribution in [0.5, 0.6) is 0 Å². The van der Waals surface area contributed by atoms with Crippen LogP contribution >= 0.6 is 0 Å². The molecule has 1 aliphatic rings. The van der Waals surface area contributed by atoms with Crippen LogP contribution in [0.15, 0.2) is 54.6 Å². The zero-order valence-corrected chi connectivity index (χ0v) is 11.6. The largest absolute Gasteiger partial charge is 0.317 e. The summed E-state index contributed by atoms with van der Waals surface area (Å²) in [6.45, 7) is 2.06. The fourth-order valence-electron chi connectivity index (χ4n) is 3.27. The van der Waals surface area contributed by atoms with E-state index in [9.17, 15) is 4.39 Å². The number of hydrogen-bond acceptors (Lipinski definition) is 1. The summed E-state index contributed by atoms with van der Waals surface area (Å²) in [6.07, 6.45) is 2.21. The second-order valence-electron chi connectivity index (χ2n) is 5.50. The van der Waals surface area contributed by atoms with E-state index in [0.29, 0.717) is 5.92 Å².